The summed E-state index contributed by atoms with van der Waals surface area (Å²) in [6, 6.07) is 25.0. The number of hydrogen-bond donors (Lipinski definition) is 0. The normalized spacial score (nSPS) is 12.7. The van der Waals surface area contributed by atoms with Crippen LogP contribution in [0.15, 0.2) is 186 Å². The molecular weight excluding hydrogens is 1470 g/mol. The van der Waals surface area contributed by atoms with Crippen LogP contribution in [-0.4, -0.2) is 70.1 Å². The van der Waals surface area contributed by atoms with Crippen LogP contribution in [0, 0.1) is 0 Å². The predicted molar refractivity (Wildman–Crippen MR) is 472 cm³/mol. The van der Waals surface area contributed by atoms with Crippen LogP contribution in [0.4, 0.5) is 0 Å². The number of ketones is 2. The van der Waals surface area contributed by atoms with Gasteiger partial charge in [-0.15, -0.1) is 56.7 Å². The first kappa shape index (κ1) is 84.1. The molecule has 0 spiro atoms. The van der Waals surface area contributed by atoms with E-state index in [1.54, 1.807) is 69.0 Å². The van der Waals surface area contributed by atoms with Crippen LogP contribution in [0.25, 0.3) is 58.1 Å². The van der Waals surface area contributed by atoms with Gasteiger partial charge in [0.25, 0.3) is 0 Å². The Morgan fingerprint density at radius 1 is 0.396 bits per heavy atom. The standard InChI is InChI=1S/C13H15NO.C12H15NO.C12H13N.C11H13N.2C10H11NS.3C8H10N2S/c1-13(2,3)11-6-7-14-12-8-9(15)4-5-10(11)12;1-12(2,3)10-4-5-13-11-7-8(14)6-9(10)11;1-9(2)10-7-8-13-12-6-4-3-5-11(10)12;1-8(2)9-6-7-12-11-5-3-4-10(9)11;1-7(2)8-3-5-11-9-4-6-12-10(8)9;1-7(2)8-3-5-11-10-9(8)4-6-12-10;1-6(2)7-5-9-8-10(7)3-4-11-8;2*1-6(2)7-5-9-10-3-4-11-8(7)10/h4-7H,8H2,1-3H3;4-5H,6-7H2,1-3H3;3-9H,1-2H3;3-4,6-8H,5H2,1-2H3;2*3-7H,1-2H3;3*3-6H,1-2H3. The highest BCUT2D eigenvalue weighted by molar-refractivity contribution is 7.17. The summed E-state index contributed by atoms with van der Waals surface area (Å²) in [4.78, 5) is 57.5. The Bertz CT molecular complexity index is 5360. The van der Waals surface area contributed by atoms with E-state index in [2.05, 4.69) is 288 Å². The first-order chi connectivity index (χ1) is 53.0. The van der Waals surface area contributed by atoms with Gasteiger partial charge < -0.3 is 0 Å². The molecule has 0 N–H and O–H groups in total. The summed E-state index contributed by atoms with van der Waals surface area (Å²) in [6.07, 6.45) is 33.6. The number of carbonyl (C=O) groups excluding carboxylic acids is 2. The molecule has 578 valence electrons. The van der Waals surface area contributed by atoms with Gasteiger partial charge in [0.15, 0.2) is 10.7 Å². The van der Waals surface area contributed by atoms with Gasteiger partial charge in [-0.2, -0.15) is 10.2 Å². The Balaban J connectivity index is 0.000000133. The molecule has 3 aliphatic rings. The van der Waals surface area contributed by atoms with Crippen molar-refractivity contribution in [3.8, 4) is 0 Å². The molecule has 0 radical (unpaired) electrons. The van der Waals surface area contributed by atoms with Crippen molar-refractivity contribution in [1.82, 2.24) is 58.5 Å². The molecule has 0 saturated carbocycles. The van der Waals surface area contributed by atoms with E-state index in [0.717, 1.165) is 44.2 Å². The maximum absolute atomic E-state index is 11.3. The van der Waals surface area contributed by atoms with E-state index in [1.165, 1.54) is 92.2 Å². The van der Waals surface area contributed by atoms with Gasteiger partial charge in [0.05, 0.1) is 57.8 Å². The van der Waals surface area contributed by atoms with E-state index in [-0.39, 0.29) is 16.6 Å². The SMILES string of the molecule is CC(C)(C)c1ccnc2c1C=CC(=O)C2.CC(C)(C)c1ccnc2c1CC(=O)C2.CC(C)c1ccnc2c1C=CC2.CC(C)c1ccnc2ccccc12.CC(C)c1ccnc2ccsc12.CC(C)c1ccnc2sccc12.CC(C)c1cnc2sccn12.CC(C)c1cnn2ccsc12.CC(C)c1cnn2ccsc12. The van der Waals surface area contributed by atoms with Crippen LogP contribution >= 0.6 is 56.7 Å². The number of pyridine rings is 6. The van der Waals surface area contributed by atoms with Crippen molar-refractivity contribution in [2.24, 2.45) is 0 Å². The average Bonchev–Trinajstić information content (AvgIpc) is 1.36. The molecule has 14 heterocycles. The number of hydrogen-bond acceptors (Lipinski definition) is 16. The second kappa shape index (κ2) is 38.2. The molecule has 15 aromatic rings. The number of fused-ring (bicyclic) bond motifs is 9. The summed E-state index contributed by atoms with van der Waals surface area (Å²) in [6.45, 7) is 43.9. The van der Waals surface area contributed by atoms with Crippen molar-refractivity contribution in [3.63, 3.8) is 0 Å². The Morgan fingerprint density at radius 2 is 0.928 bits per heavy atom. The van der Waals surface area contributed by atoms with Crippen molar-refractivity contribution >= 4 is 126 Å². The molecule has 0 saturated heterocycles. The number of carbonyl (C=O) groups is 2. The van der Waals surface area contributed by atoms with Crippen molar-refractivity contribution in [1.29, 1.82) is 0 Å². The van der Waals surface area contributed by atoms with Crippen molar-refractivity contribution < 1.29 is 9.59 Å². The molecule has 18 rings (SSSR count). The highest BCUT2D eigenvalue weighted by atomic mass is 32.1. The lowest BCUT2D eigenvalue weighted by molar-refractivity contribution is -0.117. The minimum absolute atomic E-state index is 0.0950. The molecule has 111 heavy (non-hydrogen) atoms. The number of rotatable bonds is 7. The number of thiazole rings is 3. The monoisotopic (exact) mass is 1570 g/mol. The Labute approximate surface area is 676 Å². The van der Waals surface area contributed by atoms with E-state index in [4.69, 9.17) is 0 Å². The number of nitrogens with zero attached hydrogens (tertiary/aromatic N) is 12. The smallest absolute Gasteiger partial charge is 0.193 e. The molecule has 1 aromatic carbocycles. The predicted octanol–water partition coefficient (Wildman–Crippen LogP) is 25.1. The lowest BCUT2D eigenvalue weighted by Gasteiger charge is -2.24. The summed E-state index contributed by atoms with van der Waals surface area (Å²) >= 11 is 8.66. The number of Topliss-reactive ketones (excluding diaryl/α,β-unsaturated/α-hetero) is 1. The van der Waals surface area contributed by atoms with E-state index >= 15 is 0 Å². The van der Waals surface area contributed by atoms with Crippen LogP contribution in [-0.2, 0) is 46.1 Å². The third-order valence-corrected chi connectivity index (χ3v) is 23.7. The second-order valence-corrected chi connectivity index (χ2v) is 36.5. The lowest BCUT2D eigenvalue weighted by atomic mass is 9.82. The summed E-state index contributed by atoms with van der Waals surface area (Å²) in [5.41, 5.74) is 21.4. The van der Waals surface area contributed by atoms with E-state index < -0.39 is 0 Å². The Hall–Kier alpha value is -9.37. The van der Waals surface area contributed by atoms with Gasteiger partial charge in [-0.3, -0.25) is 38.9 Å². The first-order valence-corrected chi connectivity index (χ1v) is 42.9. The zero-order chi connectivity index (χ0) is 79.8. The summed E-state index contributed by atoms with van der Waals surface area (Å²) in [7, 11) is 0. The molecule has 0 amide bonds. The largest absolute Gasteiger partial charge is 0.299 e. The van der Waals surface area contributed by atoms with Gasteiger partial charge in [-0.25, -0.2) is 19.0 Å². The number of allylic oxidation sites excluding steroid dienone is 2. The highest BCUT2D eigenvalue weighted by Gasteiger charge is 2.28. The van der Waals surface area contributed by atoms with Crippen molar-refractivity contribution in [2.45, 2.75) is 216 Å². The van der Waals surface area contributed by atoms with Crippen LogP contribution < -0.4 is 0 Å². The van der Waals surface area contributed by atoms with Crippen molar-refractivity contribution in [3.05, 3.63) is 270 Å². The van der Waals surface area contributed by atoms with Crippen LogP contribution in [0.5, 0.6) is 0 Å². The topological polar surface area (TPSA) is 163 Å². The number of thiophene rings is 2. The van der Waals surface area contributed by atoms with E-state index in [0.29, 0.717) is 66.5 Å². The molecular formula is C92H108N12O2S5. The number of aromatic nitrogens is 12. The zero-order valence-electron chi connectivity index (χ0n) is 68.1. The van der Waals surface area contributed by atoms with Gasteiger partial charge in [0.2, 0.25) is 0 Å². The molecule has 0 aliphatic heterocycles. The highest BCUT2D eigenvalue weighted by Crippen LogP contribution is 2.35. The fourth-order valence-corrected chi connectivity index (χ4v) is 17.8. The molecule has 19 heteroatoms. The molecule has 0 unspecified atom stereocenters. The molecule has 14 nitrogen and oxygen atoms in total. The maximum Gasteiger partial charge on any atom is 0.193 e. The summed E-state index contributed by atoms with van der Waals surface area (Å²) in [5, 5.41) is 21.4. The maximum atomic E-state index is 11.3. The third kappa shape index (κ3) is 21.4. The number of benzene rings is 1. The molecule has 14 aromatic heterocycles. The summed E-state index contributed by atoms with van der Waals surface area (Å²) < 4.78 is 7.35. The van der Waals surface area contributed by atoms with E-state index in [1.807, 2.05) is 95.3 Å². The number of para-hydroxylation sites is 1. The minimum atomic E-state index is 0.0950. The van der Waals surface area contributed by atoms with Crippen LogP contribution in [0.2, 0.25) is 0 Å². The second-order valence-electron chi connectivity index (χ2n) is 32.1. The fourth-order valence-electron chi connectivity index (χ4n) is 13.4. The molecule has 3 aliphatic carbocycles. The quantitative estimate of drug-likeness (QED) is 0.149. The van der Waals surface area contributed by atoms with Crippen LogP contribution in [0.1, 0.15) is 264 Å². The zero-order valence-corrected chi connectivity index (χ0v) is 72.2. The average molecular weight is 1570 g/mol. The van der Waals surface area contributed by atoms with E-state index in [9.17, 15) is 9.59 Å². The van der Waals surface area contributed by atoms with Gasteiger partial charge in [-0.05, 0) is 174 Å². The van der Waals surface area contributed by atoms with Gasteiger partial charge in [0.1, 0.15) is 20.3 Å². The van der Waals surface area contributed by atoms with Gasteiger partial charge >= 0.3 is 0 Å². The minimum Gasteiger partial charge on any atom is -0.299 e. The molecule has 0 fully saturated rings. The molecule has 0 bridgehead atoms. The third-order valence-electron chi connectivity index (χ3n) is 19.3. The number of imidazole rings is 1. The molecule has 0 atom stereocenters. The Morgan fingerprint density at radius 3 is 1.55 bits per heavy atom. The fraction of sp³-hybridized carbons (Fsp3) is 0.359. The van der Waals surface area contributed by atoms with Gasteiger partial charge in [0, 0.05) is 124 Å². The lowest BCUT2D eigenvalue weighted by Crippen LogP contribution is -2.17. The van der Waals surface area contributed by atoms with Crippen molar-refractivity contribution in [2.75, 3.05) is 0 Å². The Kier molecular flexibility index (Phi) is 29.0. The van der Waals surface area contributed by atoms with Gasteiger partial charge in [-0.1, -0.05) is 169 Å². The summed E-state index contributed by atoms with van der Waals surface area (Å²) in [5.74, 6) is 4.49. The first-order valence-electron chi connectivity index (χ1n) is 38.5. The van der Waals surface area contributed by atoms with Crippen LogP contribution in [0.3, 0.4) is 0 Å².